The fraction of sp³-hybridized carbons (Fsp3) is 0.500. The van der Waals surface area contributed by atoms with E-state index in [9.17, 15) is 14.0 Å². The highest BCUT2D eigenvalue weighted by Crippen LogP contribution is 2.51. The van der Waals surface area contributed by atoms with Crippen LogP contribution in [0.25, 0.3) is 0 Å². The number of carbonyl (C=O) groups is 2. The molecule has 1 spiro atoms. The summed E-state index contributed by atoms with van der Waals surface area (Å²) in [4.78, 5) is 25.3. The van der Waals surface area contributed by atoms with Crippen molar-refractivity contribution < 1.29 is 14.0 Å². The zero-order valence-corrected chi connectivity index (χ0v) is 12.4. The number of nitrogens with one attached hydrogen (secondary N) is 1. The van der Waals surface area contributed by atoms with E-state index in [2.05, 4.69) is 5.32 Å². The number of halogens is 1. The molecule has 0 saturated heterocycles. The first-order valence-corrected chi connectivity index (χ1v) is 7.63. The zero-order chi connectivity index (χ0) is 15.7. The molecule has 118 valence electrons. The van der Waals surface area contributed by atoms with Gasteiger partial charge in [0.15, 0.2) is 0 Å². The van der Waals surface area contributed by atoms with Crippen molar-refractivity contribution in [2.24, 2.45) is 5.73 Å². The summed E-state index contributed by atoms with van der Waals surface area (Å²) in [5.41, 5.74) is 6.28. The molecule has 0 radical (unpaired) electrons. The lowest BCUT2D eigenvalue weighted by Crippen LogP contribution is -2.43. The Hall–Kier alpha value is -1.95. The Kier molecular flexibility index (Phi) is 3.87. The van der Waals surface area contributed by atoms with Gasteiger partial charge in [0.1, 0.15) is 5.82 Å². The molecular weight excluding hydrogens is 285 g/mol. The smallest absolute Gasteiger partial charge is 0.246 e. The third-order valence-electron chi connectivity index (χ3n) is 4.76. The van der Waals surface area contributed by atoms with Crippen LogP contribution in [0.15, 0.2) is 18.2 Å². The van der Waals surface area contributed by atoms with E-state index < -0.39 is 0 Å². The van der Waals surface area contributed by atoms with Gasteiger partial charge in [-0.2, -0.15) is 0 Å². The van der Waals surface area contributed by atoms with Crippen molar-refractivity contribution in [1.29, 1.82) is 0 Å². The van der Waals surface area contributed by atoms with Gasteiger partial charge in [0, 0.05) is 17.5 Å². The maximum absolute atomic E-state index is 14.4. The molecule has 1 fully saturated rings. The lowest BCUT2D eigenvalue weighted by molar-refractivity contribution is -0.124. The minimum Gasteiger partial charge on any atom is -0.346 e. The van der Waals surface area contributed by atoms with Crippen LogP contribution in [0, 0.1) is 5.82 Å². The molecule has 1 aromatic carbocycles. The van der Waals surface area contributed by atoms with E-state index in [-0.39, 0.29) is 36.1 Å². The Labute approximate surface area is 128 Å². The SMILES string of the molecule is NCC(=O)NCC(=O)N1CC2(CCCC2)c2c(F)cccc21. The molecular formula is C16H20FN3O2. The van der Waals surface area contributed by atoms with E-state index in [1.54, 1.807) is 17.0 Å². The molecule has 1 heterocycles. The Bertz CT molecular complexity index is 611. The van der Waals surface area contributed by atoms with E-state index in [1.807, 2.05) is 0 Å². The number of benzene rings is 1. The molecule has 2 amide bonds. The number of hydrogen-bond donors (Lipinski definition) is 2. The number of rotatable bonds is 3. The highest BCUT2D eigenvalue weighted by molar-refractivity contribution is 5.99. The van der Waals surface area contributed by atoms with E-state index >= 15 is 0 Å². The third-order valence-corrected chi connectivity index (χ3v) is 4.76. The molecule has 1 saturated carbocycles. The molecule has 5 nitrogen and oxygen atoms in total. The molecule has 1 aliphatic carbocycles. The normalized spacial score (nSPS) is 18.5. The van der Waals surface area contributed by atoms with Crippen LogP contribution in [-0.2, 0) is 15.0 Å². The summed E-state index contributed by atoms with van der Waals surface area (Å²) in [7, 11) is 0. The van der Waals surface area contributed by atoms with Gasteiger partial charge >= 0.3 is 0 Å². The van der Waals surface area contributed by atoms with Crippen molar-refractivity contribution in [2.45, 2.75) is 31.1 Å². The van der Waals surface area contributed by atoms with Crippen LogP contribution in [0.4, 0.5) is 10.1 Å². The predicted octanol–water partition coefficient (Wildman–Crippen LogP) is 1.06. The van der Waals surface area contributed by atoms with Gasteiger partial charge in [-0.05, 0) is 25.0 Å². The van der Waals surface area contributed by atoms with Crippen molar-refractivity contribution in [3.05, 3.63) is 29.6 Å². The average Bonchev–Trinajstić information content (AvgIpc) is 3.11. The molecule has 3 rings (SSSR count). The second-order valence-corrected chi connectivity index (χ2v) is 6.08. The predicted molar refractivity (Wildman–Crippen MR) is 81.0 cm³/mol. The standard InChI is InChI=1S/C16H20FN3O2/c17-11-4-3-5-12-15(11)16(6-1-2-7-16)10-20(12)14(22)9-19-13(21)8-18/h3-5H,1-2,6-10,18H2,(H,19,21). The first-order chi connectivity index (χ1) is 10.6. The van der Waals surface area contributed by atoms with Gasteiger partial charge in [-0.15, -0.1) is 0 Å². The molecule has 1 aromatic rings. The molecule has 0 aromatic heterocycles. The molecule has 1 aliphatic heterocycles. The van der Waals surface area contributed by atoms with E-state index in [0.29, 0.717) is 17.8 Å². The first kappa shape index (κ1) is 15.0. The summed E-state index contributed by atoms with van der Waals surface area (Å²) in [6, 6.07) is 4.87. The van der Waals surface area contributed by atoms with Crippen molar-refractivity contribution in [3.8, 4) is 0 Å². The Morgan fingerprint density at radius 1 is 1.32 bits per heavy atom. The first-order valence-electron chi connectivity index (χ1n) is 7.63. The molecule has 0 unspecified atom stereocenters. The number of hydrogen-bond acceptors (Lipinski definition) is 3. The fourth-order valence-electron chi connectivity index (χ4n) is 3.75. The largest absolute Gasteiger partial charge is 0.346 e. The van der Waals surface area contributed by atoms with E-state index in [0.717, 1.165) is 25.7 Å². The van der Waals surface area contributed by atoms with Gasteiger partial charge < -0.3 is 16.0 Å². The summed E-state index contributed by atoms with van der Waals surface area (Å²) in [6.45, 7) is 0.241. The van der Waals surface area contributed by atoms with Crippen LogP contribution in [-0.4, -0.2) is 31.4 Å². The fourth-order valence-corrected chi connectivity index (χ4v) is 3.75. The zero-order valence-electron chi connectivity index (χ0n) is 12.4. The highest BCUT2D eigenvalue weighted by atomic mass is 19.1. The quantitative estimate of drug-likeness (QED) is 0.877. The number of fused-ring (bicyclic) bond motifs is 2. The molecule has 0 bridgehead atoms. The van der Waals surface area contributed by atoms with Crippen molar-refractivity contribution >= 4 is 17.5 Å². The number of carbonyl (C=O) groups excluding carboxylic acids is 2. The highest BCUT2D eigenvalue weighted by Gasteiger charge is 2.47. The van der Waals surface area contributed by atoms with Crippen molar-refractivity contribution in [2.75, 3.05) is 24.5 Å². The Morgan fingerprint density at radius 3 is 2.73 bits per heavy atom. The van der Waals surface area contributed by atoms with Gasteiger partial charge in [0.05, 0.1) is 18.8 Å². The van der Waals surface area contributed by atoms with Crippen LogP contribution >= 0.6 is 0 Å². The van der Waals surface area contributed by atoms with Crippen LogP contribution in [0.1, 0.15) is 31.2 Å². The van der Waals surface area contributed by atoms with Gasteiger partial charge in [-0.3, -0.25) is 9.59 Å². The lowest BCUT2D eigenvalue weighted by atomic mass is 9.80. The summed E-state index contributed by atoms with van der Waals surface area (Å²) >= 11 is 0. The monoisotopic (exact) mass is 305 g/mol. The Balaban J connectivity index is 1.87. The molecule has 2 aliphatic rings. The molecule has 6 heteroatoms. The number of nitrogens with two attached hydrogens (primary N) is 1. The Morgan fingerprint density at radius 2 is 2.05 bits per heavy atom. The van der Waals surface area contributed by atoms with Gasteiger partial charge in [0.25, 0.3) is 0 Å². The minimum absolute atomic E-state index is 0.109. The maximum Gasteiger partial charge on any atom is 0.246 e. The summed E-state index contributed by atoms with van der Waals surface area (Å²) < 4.78 is 14.4. The van der Waals surface area contributed by atoms with Gasteiger partial charge in [-0.1, -0.05) is 18.9 Å². The van der Waals surface area contributed by atoms with E-state index in [4.69, 9.17) is 5.73 Å². The number of anilines is 1. The van der Waals surface area contributed by atoms with Crippen molar-refractivity contribution in [1.82, 2.24) is 5.32 Å². The lowest BCUT2D eigenvalue weighted by Gasteiger charge is -2.25. The maximum atomic E-state index is 14.4. The van der Waals surface area contributed by atoms with Gasteiger partial charge in [-0.25, -0.2) is 4.39 Å². The second kappa shape index (κ2) is 5.68. The van der Waals surface area contributed by atoms with E-state index in [1.165, 1.54) is 6.07 Å². The molecule has 3 N–H and O–H groups in total. The topological polar surface area (TPSA) is 75.4 Å². The average molecular weight is 305 g/mol. The summed E-state index contributed by atoms with van der Waals surface area (Å²) in [5, 5.41) is 2.48. The molecule has 22 heavy (non-hydrogen) atoms. The number of nitrogens with zero attached hydrogens (tertiary/aromatic N) is 1. The van der Waals surface area contributed by atoms with Crippen LogP contribution < -0.4 is 16.0 Å². The van der Waals surface area contributed by atoms with Crippen LogP contribution in [0.5, 0.6) is 0 Å². The van der Waals surface area contributed by atoms with Crippen LogP contribution in [0.2, 0.25) is 0 Å². The molecule has 0 atom stereocenters. The van der Waals surface area contributed by atoms with Crippen LogP contribution in [0.3, 0.4) is 0 Å². The second-order valence-electron chi connectivity index (χ2n) is 6.08. The van der Waals surface area contributed by atoms with Crippen molar-refractivity contribution in [3.63, 3.8) is 0 Å². The number of amides is 2. The minimum atomic E-state index is -0.373. The third kappa shape index (κ3) is 2.37. The van der Waals surface area contributed by atoms with Gasteiger partial charge in [0.2, 0.25) is 11.8 Å². The summed E-state index contributed by atoms with van der Waals surface area (Å²) in [5.74, 6) is -0.833. The summed E-state index contributed by atoms with van der Waals surface area (Å²) in [6.07, 6.45) is 3.92.